The number of β-amino-alcohol motifs (C(OH)–C–C–N with tert-alkyl or cyclic N) is 1. The molecule has 2 heterocycles. The van der Waals surface area contributed by atoms with E-state index in [1.165, 1.54) is 37.7 Å². The number of aliphatic hydroxyl groups is 1. The zero-order valence-electron chi connectivity index (χ0n) is 19.7. The van der Waals surface area contributed by atoms with Gasteiger partial charge in [-0.25, -0.2) is 0 Å². The van der Waals surface area contributed by atoms with E-state index in [2.05, 4.69) is 19.1 Å². The molecule has 3 aliphatic rings. The van der Waals surface area contributed by atoms with Gasteiger partial charge in [-0.1, -0.05) is 69.4 Å². The smallest absolute Gasteiger partial charge is 0.225 e. The Morgan fingerprint density at radius 1 is 1.09 bits per heavy atom. The summed E-state index contributed by atoms with van der Waals surface area (Å²) in [6.07, 6.45) is 10.1. The molecule has 5 nitrogen and oxygen atoms in total. The first-order chi connectivity index (χ1) is 15.4. The second-order valence-electron chi connectivity index (χ2n) is 10.7. The van der Waals surface area contributed by atoms with Crippen molar-refractivity contribution in [3.63, 3.8) is 0 Å². The number of carbonyl (C=O) groups excluding carboxylic acids is 2. The van der Waals surface area contributed by atoms with Crippen molar-refractivity contribution in [3.8, 4) is 0 Å². The fourth-order valence-corrected chi connectivity index (χ4v) is 6.08. The average molecular weight is 441 g/mol. The van der Waals surface area contributed by atoms with E-state index in [9.17, 15) is 14.7 Å². The Morgan fingerprint density at radius 2 is 1.78 bits per heavy atom. The Kier molecular flexibility index (Phi) is 7.55. The lowest BCUT2D eigenvalue weighted by molar-refractivity contribution is -0.142. The number of carbonyl (C=O) groups is 2. The minimum atomic E-state index is -0.874. The SMILES string of the molecule is CC(CC1CCCCC1)C(=O)N1CCC(O)(CN2CC(Cc3ccccc3)CC2=O)CC1. The molecule has 1 N–H and O–H groups in total. The highest BCUT2D eigenvalue weighted by Gasteiger charge is 2.40. The van der Waals surface area contributed by atoms with Crippen molar-refractivity contribution in [2.75, 3.05) is 26.2 Å². The van der Waals surface area contributed by atoms with Gasteiger partial charge in [-0.15, -0.1) is 0 Å². The summed E-state index contributed by atoms with van der Waals surface area (Å²) in [6, 6.07) is 10.3. The van der Waals surface area contributed by atoms with Gasteiger partial charge in [0.15, 0.2) is 0 Å². The number of hydrogen-bond donors (Lipinski definition) is 1. The van der Waals surface area contributed by atoms with Crippen LogP contribution in [0.1, 0.15) is 70.3 Å². The van der Waals surface area contributed by atoms with Crippen molar-refractivity contribution in [3.05, 3.63) is 35.9 Å². The quantitative estimate of drug-likeness (QED) is 0.696. The second kappa shape index (κ2) is 10.4. The number of benzene rings is 1. The third-order valence-corrected chi connectivity index (χ3v) is 7.99. The molecule has 1 aromatic rings. The van der Waals surface area contributed by atoms with Crippen LogP contribution in [0.4, 0.5) is 0 Å². The van der Waals surface area contributed by atoms with Gasteiger partial charge in [0.2, 0.25) is 11.8 Å². The van der Waals surface area contributed by atoms with E-state index in [0.29, 0.717) is 50.7 Å². The monoisotopic (exact) mass is 440 g/mol. The fourth-order valence-electron chi connectivity index (χ4n) is 6.08. The predicted molar refractivity (Wildman–Crippen MR) is 126 cm³/mol. The van der Waals surface area contributed by atoms with Gasteiger partial charge < -0.3 is 14.9 Å². The molecule has 2 saturated heterocycles. The summed E-state index contributed by atoms with van der Waals surface area (Å²) < 4.78 is 0. The molecule has 0 bridgehead atoms. The molecule has 0 spiro atoms. The van der Waals surface area contributed by atoms with Gasteiger partial charge in [0, 0.05) is 38.5 Å². The largest absolute Gasteiger partial charge is 0.388 e. The molecule has 176 valence electrons. The van der Waals surface area contributed by atoms with E-state index in [1.54, 1.807) is 0 Å². The van der Waals surface area contributed by atoms with Crippen LogP contribution >= 0.6 is 0 Å². The van der Waals surface area contributed by atoms with Crippen LogP contribution in [0, 0.1) is 17.8 Å². The van der Waals surface area contributed by atoms with E-state index in [0.717, 1.165) is 19.4 Å². The Bertz CT molecular complexity index is 766. The number of rotatable bonds is 7. The van der Waals surface area contributed by atoms with Gasteiger partial charge in [-0.05, 0) is 43.1 Å². The Labute approximate surface area is 193 Å². The molecule has 2 atom stereocenters. The van der Waals surface area contributed by atoms with Crippen LogP contribution < -0.4 is 0 Å². The molecule has 1 aliphatic carbocycles. The van der Waals surface area contributed by atoms with Crippen LogP contribution in [0.15, 0.2) is 30.3 Å². The maximum absolute atomic E-state index is 13.0. The zero-order valence-corrected chi connectivity index (χ0v) is 19.7. The molecule has 32 heavy (non-hydrogen) atoms. The Hall–Kier alpha value is -1.88. The molecular formula is C27H40N2O3. The van der Waals surface area contributed by atoms with Crippen LogP contribution in [-0.2, 0) is 16.0 Å². The highest BCUT2D eigenvalue weighted by atomic mass is 16.3. The molecule has 1 saturated carbocycles. The standard InChI is InChI=1S/C27H40N2O3/c1-21(16-22-8-4-2-5-9-22)26(31)28-14-12-27(32,13-15-28)20-29-19-24(18-25(29)30)17-23-10-6-3-7-11-23/h3,6-7,10-11,21-22,24,32H,2,4-5,8-9,12-20H2,1H3. The topological polar surface area (TPSA) is 60.9 Å². The third kappa shape index (κ3) is 5.92. The lowest BCUT2D eigenvalue weighted by atomic mass is 9.82. The summed E-state index contributed by atoms with van der Waals surface area (Å²) in [5.74, 6) is 1.49. The minimum Gasteiger partial charge on any atom is -0.388 e. The predicted octanol–water partition coefficient (Wildman–Crippen LogP) is 4.04. The zero-order chi connectivity index (χ0) is 22.6. The lowest BCUT2D eigenvalue weighted by Crippen LogP contribution is -2.53. The highest BCUT2D eigenvalue weighted by Crippen LogP contribution is 2.32. The molecule has 2 aliphatic heterocycles. The number of piperidine rings is 1. The molecule has 0 radical (unpaired) electrons. The maximum Gasteiger partial charge on any atom is 0.225 e. The van der Waals surface area contributed by atoms with E-state index in [-0.39, 0.29) is 17.7 Å². The first kappa shape index (κ1) is 23.3. The number of nitrogens with zero attached hydrogens (tertiary/aromatic N) is 2. The van der Waals surface area contributed by atoms with Crippen LogP contribution in [0.2, 0.25) is 0 Å². The molecular weight excluding hydrogens is 400 g/mol. The van der Waals surface area contributed by atoms with Crippen molar-refractivity contribution in [1.29, 1.82) is 0 Å². The van der Waals surface area contributed by atoms with E-state index in [1.807, 2.05) is 28.0 Å². The summed E-state index contributed by atoms with van der Waals surface area (Å²) in [6.45, 7) is 4.39. The van der Waals surface area contributed by atoms with Crippen LogP contribution in [0.25, 0.3) is 0 Å². The Balaban J connectivity index is 1.23. The number of hydrogen-bond acceptors (Lipinski definition) is 3. The van der Waals surface area contributed by atoms with Crippen LogP contribution in [0.5, 0.6) is 0 Å². The molecule has 2 amide bonds. The lowest BCUT2D eigenvalue weighted by Gasteiger charge is -2.41. The first-order valence-corrected chi connectivity index (χ1v) is 12.7. The van der Waals surface area contributed by atoms with Gasteiger partial charge in [-0.3, -0.25) is 9.59 Å². The second-order valence-corrected chi connectivity index (χ2v) is 10.7. The molecule has 1 aromatic carbocycles. The molecule has 3 fully saturated rings. The Morgan fingerprint density at radius 3 is 2.47 bits per heavy atom. The summed E-state index contributed by atoms with van der Waals surface area (Å²) in [5, 5.41) is 11.2. The van der Waals surface area contributed by atoms with Crippen LogP contribution in [0.3, 0.4) is 0 Å². The summed E-state index contributed by atoms with van der Waals surface area (Å²) in [4.78, 5) is 29.4. The van der Waals surface area contributed by atoms with Gasteiger partial charge >= 0.3 is 0 Å². The number of amides is 2. The van der Waals surface area contributed by atoms with E-state index in [4.69, 9.17) is 0 Å². The van der Waals surface area contributed by atoms with Crippen LogP contribution in [-0.4, -0.2) is 58.5 Å². The van der Waals surface area contributed by atoms with Gasteiger partial charge in [0.25, 0.3) is 0 Å². The molecule has 4 rings (SSSR count). The highest BCUT2D eigenvalue weighted by molar-refractivity contribution is 5.79. The van der Waals surface area contributed by atoms with Gasteiger partial charge in [0.1, 0.15) is 0 Å². The van der Waals surface area contributed by atoms with Gasteiger partial charge in [0.05, 0.1) is 5.60 Å². The third-order valence-electron chi connectivity index (χ3n) is 7.99. The van der Waals surface area contributed by atoms with Crippen molar-refractivity contribution in [1.82, 2.24) is 9.80 Å². The van der Waals surface area contributed by atoms with Gasteiger partial charge in [-0.2, -0.15) is 0 Å². The summed E-state index contributed by atoms with van der Waals surface area (Å²) >= 11 is 0. The molecule has 2 unspecified atom stereocenters. The van der Waals surface area contributed by atoms with Crippen molar-refractivity contribution in [2.24, 2.45) is 17.8 Å². The summed E-state index contributed by atoms with van der Waals surface area (Å²) in [5.41, 5.74) is 0.390. The fraction of sp³-hybridized carbons (Fsp3) is 0.704. The van der Waals surface area contributed by atoms with E-state index < -0.39 is 5.60 Å². The normalized spacial score (nSPS) is 25.2. The molecule has 5 heteroatoms. The van der Waals surface area contributed by atoms with Crippen molar-refractivity contribution in [2.45, 2.75) is 76.7 Å². The molecule has 0 aromatic heterocycles. The van der Waals surface area contributed by atoms with Crippen molar-refractivity contribution < 1.29 is 14.7 Å². The maximum atomic E-state index is 13.0. The average Bonchev–Trinajstić information content (AvgIpc) is 3.13. The van der Waals surface area contributed by atoms with Crippen molar-refractivity contribution >= 4 is 11.8 Å². The first-order valence-electron chi connectivity index (χ1n) is 12.7. The van der Waals surface area contributed by atoms with E-state index >= 15 is 0 Å². The minimum absolute atomic E-state index is 0.0724. The summed E-state index contributed by atoms with van der Waals surface area (Å²) in [7, 11) is 0. The number of likely N-dealkylation sites (tertiary alicyclic amines) is 2.